The van der Waals surface area contributed by atoms with Gasteiger partial charge in [0, 0.05) is 63.5 Å². The van der Waals surface area contributed by atoms with E-state index in [0.29, 0.717) is 38.0 Å². The lowest BCUT2D eigenvalue weighted by molar-refractivity contribution is -0.138. The summed E-state index contributed by atoms with van der Waals surface area (Å²) in [5.74, 6) is -0.749. The Labute approximate surface area is 227 Å². The van der Waals surface area contributed by atoms with Crippen LogP contribution in [0.15, 0.2) is 71.8 Å². The van der Waals surface area contributed by atoms with Gasteiger partial charge in [0.1, 0.15) is 17.4 Å². The summed E-state index contributed by atoms with van der Waals surface area (Å²) in [5.41, 5.74) is 3.72. The highest BCUT2D eigenvalue weighted by atomic mass is 19.1. The van der Waals surface area contributed by atoms with E-state index < -0.39 is 17.7 Å². The minimum atomic E-state index is -0.652. The maximum atomic E-state index is 13.8. The fourth-order valence-corrected chi connectivity index (χ4v) is 5.28. The van der Waals surface area contributed by atoms with E-state index in [4.69, 9.17) is 9.47 Å². The van der Waals surface area contributed by atoms with Crippen LogP contribution in [-0.2, 0) is 9.53 Å². The molecule has 0 radical (unpaired) electrons. The fourth-order valence-electron chi connectivity index (χ4n) is 5.28. The number of carbonyl (C=O) groups is 1. The molecule has 2 aliphatic rings. The molecule has 8 heteroatoms. The van der Waals surface area contributed by atoms with Crippen molar-refractivity contribution in [3.8, 4) is 16.9 Å². The summed E-state index contributed by atoms with van der Waals surface area (Å²) in [7, 11) is 1.68. The molecule has 204 valence electrons. The predicted molar refractivity (Wildman–Crippen MR) is 148 cm³/mol. The molecule has 1 saturated heterocycles. The first kappa shape index (κ1) is 26.8. The van der Waals surface area contributed by atoms with E-state index in [0.717, 1.165) is 48.1 Å². The van der Waals surface area contributed by atoms with Crippen LogP contribution in [0.3, 0.4) is 0 Å². The normalized spacial score (nSPS) is 17.6. The van der Waals surface area contributed by atoms with Gasteiger partial charge in [-0.05, 0) is 65.9 Å². The molecule has 2 aliphatic heterocycles. The first-order chi connectivity index (χ1) is 19.0. The van der Waals surface area contributed by atoms with Crippen LogP contribution in [0.5, 0.6) is 5.75 Å². The third-order valence-electron chi connectivity index (χ3n) is 7.31. The molecule has 1 unspecified atom stereocenters. The van der Waals surface area contributed by atoms with Crippen molar-refractivity contribution in [3.63, 3.8) is 0 Å². The second-order valence-electron chi connectivity index (χ2n) is 9.97. The number of methoxy groups -OCH3 is 1. The van der Waals surface area contributed by atoms with Crippen molar-refractivity contribution in [2.45, 2.75) is 31.7 Å². The standard InChI is InChI=1S/C31H33F2N3O3/c1-38-15-4-16-39-29-8-3-6-24(20-29)23-5-2-7-28(19-23)35-13-10-22(11-14-35)31(37)36-30(9-12-34-36)25-17-26(32)21-27(33)18-25/h2-3,5-8,12,17-22,30H,4,9-11,13-16H2,1H3. The number of benzene rings is 3. The molecule has 1 fully saturated rings. The molecule has 0 saturated carbocycles. The molecule has 0 bridgehead atoms. The molecule has 0 N–H and O–H groups in total. The van der Waals surface area contributed by atoms with Gasteiger partial charge in [0.15, 0.2) is 0 Å². The lowest BCUT2D eigenvalue weighted by Gasteiger charge is -2.35. The number of halogens is 2. The second-order valence-corrected chi connectivity index (χ2v) is 9.97. The van der Waals surface area contributed by atoms with Crippen molar-refractivity contribution in [1.82, 2.24) is 5.01 Å². The second kappa shape index (κ2) is 12.4. The highest BCUT2D eigenvalue weighted by Gasteiger charge is 2.35. The quantitative estimate of drug-likeness (QED) is 0.306. The summed E-state index contributed by atoms with van der Waals surface area (Å²) in [5, 5.41) is 5.69. The number of hydrogen-bond donors (Lipinski definition) is 0. The number of ether oxygens (including phenoxy) is 2. The lowest BCUT2D eigenvalue weighted by atomic mass is 9.93. The molecule has 3 aromatic rings. The number of anilines is 1. The molecule has 39 heavy (non-hydrogen) atoms. The van der Waals surface area contributed by atoms with Crippen molar-refractivity contribution < 1.29 is 23.0 Å². The van der Waals surface area contributed by atoms with Gasteiger partial charge in [0.25, 0.3) is 0 Å². The largest absolute Gasteiger partial charge is 0.493 e. The Hall–Kier alpha value is -3.78. The fraction of sp³-hybridized carbons (Fsp3) is 0.355. The molecule has 0 spiro atoms. The van der Waals surface area contributed by atoms with Crippen LogP contribution in [0.2, 0.25) is 0 Å². The van der Waals surface area contributed by atoms with Gasteiger partial charge in [-0.15, -0.1) is 0 Å². The molecule has 0 aromatic heterocycles. The molecular weight excluding hydrogens is 500 g/mol. The van der Waals surface area contributed by atoms with Gasteiger partial charge in [-0.25, -0.2) is 13.8 Å². The monoisotopic (exact) mass is 533 g/mol. The van der Waals surface area contributed by atoms with E-state index in [2.05, 4.69) is 40.3 Å². The number of nitrogens with zero attached hydrogens (tertiary/aromatic N) is 3. The number of piperidine rings is 1. The van der Waals surface area contributed by atoms with Crippen LogP contribution in [0, 0.1) is 17.6 Å². The summed E-state index contributed by atoms with van der Waals surface area (Å²) in [6.45, 7) is 2.75. The first-order valence-electron chi connectivity index (χ1n) is 13.4. The molecule has 6 nitrogen and oxygen atoms in total. The molecule has 0 aliphatic carbocycles. The Morgan fingerprint density at radius 1 is 0.949 bits per heavy atom. The SMILES string of the molecule is COCCCOc1cccc(-c2cccc(N3CCC(C(=O)N4N=CCC4c4cc(F)cc(F)c4)CC3)c2)c1. The van der Waals surface area contributed by atoms with Crippen LogP contribution in [0.1, 0.15) is 37.3 Å². The van der Waals surface area contributed by atoms with E-state index >= 15 is 0 Å². The van der Waals surface area contributed by atoms with Crippen LogP contribution in [-0.4, -0.2) is 50.5 Å². The first-order valence-corrected chi connectivity index (χ1v) is 13.4. The van der Waals surface area contributed by atoms with Crippen molar-refractivity contribution in [1.29, 1.82) is 0 Å². The molecule has 1 amide bonds. The maximum absolute atomic E-state index is 13.8. The van der Waals surface area contributed by atoms with Gasteiger partial charge < -0.3 is 14.4 Å². The Kier molecular flexibility index (Phi) is 8.51. The zero-order valence-electron chi connectivity index (χ0n) is 22.1. The van der Waals surface area contributed by atoms with E-state index in [-0.39, 0.29) is 11.8 Å². The van der Waals surface area contributed by atoms with Crippen molar-refractivity contribution in [2.75, 3.05) is 38.3 Å². The van der Waals surface area contributed by atoms with Gasteiger partial charge in [-0.2, -0.15) is 5.10 Å². The Bertz CT molecular complexity index is 1300. The van der Waals surface area contributed by atoms with Crippen LogP contribution >= 0.6 is 0 Å². The number of hydrogen-bond acceptors (Lipinski definition) is 5. The van der Waals surface area contributed by atoms with Crippen LogP contribution in [0.25, 0.3) is 11.1 Å². The van der Waals surface area contributed by atoms with Crippen molar-refractivity contribution >= 4 is 17.8 Å². The highest BCUT2D eigenvalue weighted by molar-refractivity contribution is 5.82. The van der Waals surface area contributed by atoms with Gasteiger partial charge in [0.05, 0.1) is 12.6 Å². The summed E-state index contributed by atoms with van der Waals surface area (Å²) in [6.07, 6.45) is 4.29. The summed E-state index contributed by atoms with van der Waals surface area (Å²) in [6, 6.07) is 19.4. The van der Waals surface area contributed by atoms with E-state index in [9.17, 15) is 13.6 Å². The third-order valence-corrected chi connectivity index (χ3v) is 7.31. The van der Waals surface area contributed by atoms with Gasteiger partial charge in [0.2, 0.25) is 5.91 Å². The number of hydrazone groups is 1. The molecule has 3 aromatic carbocycles. The summed E-state index contributed by atoms with van der Waals surface area (Å²) in [4.78, 5) is 15.7. The minimum Gasteiger partial charge on any atom is -0.493 e. The smallest absolute Gasteiger partial charge is 0.246 e. The maximum Gasteiger partial charge on any atom is 0.246 e. The molecule has 2 heterocycles. The highest BCUT2D eigenvalue weighted by Crippen LogP contribution is 2.34. The third kappa shape index (κ3) is 6.45. The van der Waals surface area contributed by atoms with Crippen LogP contribution < -0.4 is 9.64 Å². The van der Waals surface area contributed by atoms with Gasteiger partial charge in [-0.1, -0.05) is 24.3 Å². The molecule has 1 atom stereocenters. The minimum absolute atomic E-state index is 0.0888. The lowest BCUT2D eigenvalue weighted by Crippen LogP contribution is -2.41. The zero-order chi connectivity index (χ0) is 27.2. The van der Waals surface area contributed by atoms with Crippen molar-refractivity contribution in [2.24, 2.45) is 11.0 Å². The van der Waals surface area contributed by atoms with E-state index in [1.807, 2.05) is 18.2 Å². The Morgan fingerprint density at radius 2 is 1.67 bits per heavy atom. The molecule has 5 rings (SSSR count). The van der Waals surface area contributed by atoms with E-state index in [1.165, 1.54) is 17.1 Å². The predicted octanol–water partition coefficient (Wildman–Crippen LogP) is 6.22. The topological polar surface area (TPSA) is 54.4 Å². The van der Waals surface area contributed by atoms with E-state index in [1.54, 1.807) is 13.3 Å². The molecular formula is C31H33F2N3O3. The summed E-state index contributed by atoms with van der Waals surface area (Å²) >= 11 is 0. The van der Waals surface area contributed by atoms with Gasteiger partial charge >= 0.3 is 0 Å². The Balaban J connectivity index is 1.21. The number of amides is 1. The van der Waals surface area contributed by atoms with Crippen LogP contribution in [0.4, 0.5) is 14.5 Å². The zero-order valence-corrected chi connectivity index (χ0v) is 22.1. The average Bonchev–Trinajstić information content (AvgIpc) is 3.45. The van der Waals surface area contributed by atoms with Gasteiger partial charge in [-0.3, -0.25) is 4.79 Å². The van der Waals surface area contributed by atoms with Crippen molar-refractivity contribution in [3.05, 3.63) is 83.9 Å². The number of carbonyl (C=O) groups excluding carboxylic acids is 1. The average molecular weight is 534 g/mol. The summed E-state index contributed by atoms with van der Waals surface area (Å²) < 4.78 is 38.6. The Morgan fingerprint density at radius 3 is 2.41 bits per heavy atom. The number of rotatable bonds is 9.